The van der Waals surface area contributed by atoms with Crippen molar-refractivity contribution < 1.29 is 29.0 Å². The molecular weight excluding hydrogens is 454 g/mol. The molecule has 0 saturated carbocycles. The zero-order chi connectivity index (χ0) is 21.9. The molecule has 1 aliphatic carbocycles. The fourth-order valence-electron chi connectivity index (χ4n) is 4.33. The average Bonchev–Trinajstić information content (AvgIpc) is 3.15. The molecule has 1 aliphatic heterocycles. The molecule has 0 fully saturated rings. The number of carbonyl (C=O) groups is 2. The fourth-order valence-corrected chi connectivity index (χ4v) is 5.02. The number of fused-ring (bicyclic) bond motifs is 2. The van der Waals surface area contributed by atoms with Crippen LogP contribution in [0.15, 0.2) is 32.4 Å². The lowest BCUT2D eigenvalue weighted by Crippen LogP contribution is -2.40. The van der Waals surface area contributed by atoms with Crippen LogP contribution in [0.25, 0.3) is 11.3 Å². The van der Waals surface area contributed by atoms with Crippen LogP contribution in [0, 0.1) is 18.8 Å². The molecule has 4 rings (SSSR count). The third-order valence-corrected chi connectivity index (χ3v) is 6.98. The van der Waals surface area contributed by atoms with Crippen LogP contribution in [-0.4, -0.2) is 28.1 Å². The van der Waals surface area contributed by atoms with Gasteiger partial charge in [-0.15, -0.1) is 0 Å². The van der Waals surface area contributed by atoms with Crippen molar-refractivity contribution in [2.45, 2.75) is 39.8 Å². The van der Waals surface area contributed by atoms with Crippen molar-refractivity contribution in [2.75, 3.05) is 0 Å². The molecule has 4 N–H and O–H groups in total. The minimum Gasteiger partial charge on any atom is -0.506 e. The molecule has 1 aromatic carbocycles. The van der Waals surface area contributed by atoms with Gasteiger partial charge in [-0.25, -0.2) is 4.79 Å². The second-order valence-electron chi connectivity index (χ2n) is 7.84. The number of Topliss-reactive ketones (excluding diaryl/α,β-unsaturated/α-hetero) is 1. The minimum atomic E-state index is -1.17. The van der Waals surface area contributed by atoms with Crippen LogP contribution >= 0.6 is 15.9 Å². The number of phenolic OH excluding ortho intramolecular Hbond substituents is 1. The smallest absolute Gasteiger partial charge is 0.344 e. The summed E-state index contributed by atoms with van der Waals surface area (Å²) in [4.78, 5) is 25.7. The summed E-state index contributed by atoms with van der Waals surface area (Å²) in [7, 11) is 0. The molecule has 0 spiro atoms. The molecule has 0 bridgehead atoms. The van der Waals surface area contributed by atoms with Gasteiger partial charge in [0.25, 0.3) is 0 Å². The molecule has 2 aromatic rings. The van der Waals surface area contributed by atoms with Gasteiger partial charge in [0.15, 0.2) is 5.78 Å². The topological polar surface area (TPSA) is 123 Å². The van der Waals surface area contributed by atoms with E-state index in [1.165, 1.54) is 0 Å². The first-order chi connectivity index (χ1) is 14.2. The second kappa shape index (κ2) is 7.37. The molecule has 8 heteroatoms. The summed E-state index contributed by atoms with van der Waals surface area (Å²) in [5.41, 5.74) is 7.66. The summed E-state index contributed by atoms with van der Waals surface area (Å²) in [6, 6.07) is 3.39. The molecule has 1 aromatic heterocycles. The number of phenols is 1. The number of rotatable bonds is 2. The lowest BCUT2D eigenvalue weighted by Gasteiger charge is -2.33. The summed E-state index contributed by atoms with van der Waals surface area (Å²) < 4.78 is 11.8. The third kappa shape index (κ3) is 2.93. The summed E-state index contributed by atoms with van der Waals surface area (Å²) >= 11 is 3.40. The van der Waals surface area contributed by atoms with Crippen molar-refractivity contribution in [3.05, 3.63) is 50.4 Å². The molecule has 30 heavy (non-hydrogen) atoms. The van der Waals surface area contributed by atoms with Gasteiger partial charge in [0.1, 0.15) is 29.1 Å². The summed E-state index contributed by atoms with van der Waals surface area (Å²) in [5, 5.41) is 21.2. The fraction of sp³-hybridized carbons (Fsp3) is 0.364. The molecule has 0 unspecified atom stereocenters. The number of allylic oxidation sites excluding steroid dienone is 1. The molecular formula is C22H22BrNO6. The van der Waals surface area contributed by atoms with E-state index in [-0.39, 0.29) is 35.1 Å². The highest BCUT2D eigenvalue weighted by atomic mass is 79.9. The number of esters is 1. The van der Waals surface area contributed by atoms with Gasteiger partial charge in [-0.3, -0.25) is 4.79 Å². The summed E-state index contributed by atoms with van der Waals surface area (Å²) in [6.45, 7) is 5.23. The van der Waals surface area contributed by atoms with Crippen molar-refractivity contribution in [3.8, 4) is 17.1 Å². The number of carbonyl (C=O) groups excluding carboxylic acids is 2. The van der Waals surface area contributed by atoms with Crippen molar-refractivity contribution in [3.63, 3.8) is 0 Å². The Labute approximate surface area is 181 Å². The maximum atomic E-state index is 13.3. The Hall–Kier alpha value is -2.42. The molecule has 0 saturated heterocycles. The number of aliphatic hydroxyl groups excluding tert-OH is 1. The number of nitrogens with two attached hydrogens (primary N) is 1. The maximum absolute atomic E-state index is 13.3. The average molecular weight is 476 g/mol. The van der Waals surface area contributed by atoms with Gasteiger partial charge in [-0.05, 0) is 65.4 Å². The molecule has 7 nitrogen and oxygen atoms in total. The highest BCUT2D eigenvalue weighted by Gasteiger charge is 2.44. The number of aromatic hydroxyl groups is 1. The zero-order valence-electron chi connectivity index (χ0n) is 16.8. The molecule has 0 radical (unpaired) electrons. The zero-order valence-corrected chi connectivity index (χ0v) is 18.4. The first-order valence-electron chi connectivity index (χ1n) is 9.65. The van der Waals surface area contributed by atoms with Crippen LogP contribution in [0.1, 0.15) is 41.1 Å². The Morgan fingerprint density at radius 3 is 2.57 bits per heavy atom. The first kappa shape index (κ1) is 20.8. The van der Waals surface area contributed by atoms with Gasteiger partial charge in [-0.2, -0.15) is 0 Å². The standard InChI is InChI=1S/C22H22BrNO6/c1-8-12-6-13-9(2)19(26)20(27)10(3)21(13)30-22(28)15(12)16(17(23)18(8)25)14-5-4-11(7-24)29-14/h4-5,9,13,19,25-26H,6-7,24H2,1-3H3/t9-,13+,19-/m0/s1. The van der Waals surface area contributed by atoms with Crippen molar-refractivity contribution in [2.24, 2.45) is 17.6 Å². The molecule has 3 atom stereocenters. The SMILES string of the molecule is CC1=C2OC(=O)c3c(c(C)c(O)c(Br)c3-c3ccc(CN)o3)C[C@@H]2[C@H](C)[C@H](O)C1=O. The number of hydrogen-bond acceptors (Lipinski definition) is 7. The third-order valence-electron chi connectivity index (χ3n) is 6.20. The normalized spacial score (nSPS) is 23.7. The monoisotopic (exact) mass is 475 g/mol. The summed E-state index contributed by atoms with van der Waals surface area (Å²) in [5.74, 6) is -0.738. The quantitative estimate of drug-likeness (QED) is 0.568. The Morgan fingerprint density at radius 1 is 1.23 bits per heavy atom. The lowest BCUT2D eigenvalue weighted by molar-refractivity contribution is -0.128. The van der Waals surface area contributed by atoms with Gasteiger partial charge in [0.05, 0.1) is 16.6 Å². The van der Waals surface area contributed by atoms with Crippen molar-refractivity contribution in [1.82, 2.24) is 0 Å². The Kier molecular flexibility index (Phi) is 5.12. The molecule has 2 heterocycles. The van der Waals surface area contributed by atoms with Crippen molar-refractivity contribution in [1.29, 1.82) is 0 Å². The molecule has 0 amide bonds. The van der Waals surface area contributed by atoms with E-state index in [1.54, 1.807) is 32.9 Å². The van der Waals surface area contributed by atoms with E-state index in [0.29, 0.717) is 39.1 Å². The number of ether oxygens (including phenoxy) is 1. The van der Waals surface area contributed by atoms with E-state index in [4.69, 9.17) is 14.9 Å². The predicted molar refractivity (Wildman–Crippen MR) is 112 cm³/mol. The summed E-state index contributed by atoms with van der Waals surface area (Å²) in [6.07, 6.45) is -0.844. The van der Waals surface area contributed by atoms with Gasteiger partial charge in [0, 0.05) is 17.1 Å². The second-order valence-corrected chi connectivity index (χ2v) is 8.64. The van der Waals surface area contributed by atoms with Crippen LogP contribution in [0.2, 0.25) is 0 Å². The number of benzene rings is 1. The van der Waals surface area contributed by atoms with Crippen molar-refractivity contribution >= 4 is 27.7 Å². The number of hydrogen-bond donors (Lipinski definition) is 3. The first-order valence-corrected chi connectivity index (χ1v) is 10.4. The van der Waals surface area contributed by atoms with Crippen LogP contribution in [0.4, 0.5) is 0 Å². The number of ketones is 1. The predicted octanol–water partition coefficient (Wildman–Crippen LogP) is 3.36. The van der Waals surface area contributed by atoms with Crippen LogP contribution in [0.5, 0.6) is 5.75 Å². The Bertz CT molecular complexity index is 1120. The van der Waals surface area contributed by atoms with E-state index in [0.717, 1.165) is 0 Å². The van der Waals surface area contributed by atoms with Gasteiger partial charge >= 0.3 is 5.97 Å². The highest BCUT2D eigenvalue weighted by Crippen LogP contribution is 2.48. The lowest BCUT2D eigenvalue weighted by atomic mass is 9.74. The number of aliphatic hydroxyl groups is 1. The van der Waals surface area contributed by atoms with E-state index >= 15 is 0 Å². The highest BCUT2D eigenvalue weighted by molar-refractivity contribution is 9.10. The van der Waals surface area contributed by atoms with Crippen LogP contribution in [-0.2, 0) is 22.5 Å². The number of halogens is 1. The number of furan rings is 1. The minimum absolute atomic E-state index is 0.00788. The van der Waals surface area contributed by atoms with E-state index in [9.17, 15) is 19.8 Å². The van der Waals surface area contributed by atoms with Gasteiger partial charge < -0.3 is 25.1 Å². The van der Waals surface area contributed by atoms with E-state index in [2.05, 4.69) is 15.9 Å². The Balaban J connectivity index is 1.99. The van der Waals surface area contributed by atoms with Crippen LogP contribution in [0.3, 0.4) is 0 Å². The van der Waals surface area contributed by atoms with Gasteiger partial charge in [-0.1, -0.05) is 6.92 Å². The largest absolute Gasteiger partial charge is 0.506 e. The Morgan fingerprint density at radius 2 is 1.93 bits per heavy atom. The van der Waals surface area contributed by atoms with E-state index < -0.39 is 23.8 Å². The maximum Gasteiger partial charge on any atom is 0.344 e. The van der Waals surface area contributed by atoms with Gasteiger partial charge in [0.2, 0.25) is 0 Å². The van der Waals surface area contributed by atoms with Crippen LogP contribution < -0.4 is 5.73 Å². The molecule has 158 valence electrons. The molecule has 2 aliphatic rings. The van der Waals surface area contributed by atoms with E-state index in [1.807, 2.05) is 0 Å².